The van der Waals surface area contributed by atoms with Gasteiger partial charge in [-0.15, -0.1) is 0 Å². The largest absolute Gasteiger partial charge is 0.456 e. The van der Waals surface area contributed by atoms with Crippen LogP contribution in [-0.2, 0) is 0 Å². The Kier molecular flexibility index (Phi) is 1.94. The van der Waals surface area contributed by atoms with Gasteiger partial charge in [-0.2, -0.15) is 0 Å². The highest BCUT2D eigenvalue weighted by molar-refractivity contribution is 6.42. The minimum atomic E-state index is 0.875. The Balaban J connectivity index is 2.14. The van der Waals surface area contributed by atoms with Gasteiger partial charge < -0.3 is 8.83 Å². The van der Waals surface area contributed by atoms with Crippen LogP contribution in [0, 0.1) is 0 Å². The van der Waals surface area contributed by atoms with E-state index >= 15 is 0 Å². The fourth-order valence-electron chi connectivity index (χ4n) is 3.27. The Morgan fingerprint density at radius 1 is 0.619 bits per heavy atom. The van der Waals surface area contributed by atoms with Crippen molar-refractivity contribution in [3.8, 4) is 0 Å². The molecular formula is C18H11BO2. The Hall–Kier alpha value is -2.68. The van der Waals surface area contributed by atoms with Gasteiger partial charge in [0.2, 0.25) is 0 Å². The van der Waals surface area contributed by atoms with Crippen LogP contribution in [0.25, 0.3) is 43.9 Å². The molecule has 21 heavy (non-hydrogen) atoms. The predicted octanol–water partition coefficient (Wildman–Crippen LogP) is 3.74. The van der Waals surface area contributed by atoms with Gasteiger partial charge in [0.1, 0.15) is 30.2 Å². The predicted molar refractivity (Wildman–Crippen MR) is 89.2 cm³/mol. The van der Waals surface area contributed by atoms with Crippen LogP contribution in [0.3, 0.4) is 0 Å². The van der Waals surface area contributed by atoms with Crippen LogP contribution in [0.2, 0.25) is 0 Å². The lowest BCUT2D eigenvalue weighted by molar-refractivity contribution is 0.663. The zero-order valence-corrected chi connectivity index (χ0v) is 11.5. The van der Waals surface area contributed by atoms with E-state index in [4.69, 9.17) is 8.83 Å². The lowest BCUT2D eigenvalue weighted by atomic mass is 9.91. The van der Waals surface area contributed by atoms with Crippen molar-refractivity contribution in [2.75, 3.05) is 0 Å². The second kappa shape index (κ2) is 3.70. The summed E-state index contributed by atoms with van der Waals surface area (Å²) in [6.07, 6.45) is 0. The van der Waals surface area contributed by atoms with E-state index in [1.807, 2.05) is 36.4 Å². The topological polar surface area (TPSA) is 26.3 Å². The van der Waals surface area contributed by atoms with Gasteiger partial charge in [-0.3, -0.25) is 0 Å². The molecule has 2 nitrogen and oxygen atoms in total. The highest BCUT2D eigenvalue weighted by Crippen LogP contribution is 2.38. The summed E-state index contributed by atoms with van der Waals surface area (Å²) in [5, 5.41) is 4.52. The van der Waals surface area contributed by atoms with E-state index in [0.717, 1.165) is 38.5 Å². The van der Waals surface area contributed by atoms with Crippen LogP contribution in [0.15, 0.2) is 63.4 Å². The number of hydrogen-bond donors (Lipinski definition) is 0. The van der Waals surface area contributed by atoms with E-state index in [9.17, 15) is 0 Å². The molecule has 0 N–H and O–H groups in total. The minimum absolute atomic E-state index is 0.875. The first-order valence-corrected chi connectivity index (χ1v) is 7.05. The Morgan fingerprint density at radius 3 is 2.38 bits per heavy atom. The molecule has 0 aliphatic carbocycles. The summed E-state index contributed by atoms with van der Waals surface area (Å²) in [6.45, 7) is 0. The van der Waals surface area contributed by atoms with Crippen molar-refractivity contribution in [1.82, 2.24) is 0 Å². The van der Waals surface area contributed by atoms with Gasteiger partial charge in [0.25, 0.3) is 0 Å². The molecular weight excluding hydrogens is 259 g/mol. The molecule has 2 aromatic heterocycles. The third-order valence-corrected chi connectivity index (χ3v) is 4.21. The smallest absolute Gasteiger partial charge is 0.147 e. The van der Waals surface area contributed by atoms with Crippen molar-refractivity contribution in [3.63, 3.8) is 0 Å². The van der Waals surface area contributed by atoms with Gasteiger partial charge in [-0.25, -0.2) is 0 Å². The van der Waals surface area contributed by atoms with Crippen molar-refractivity contribution < 1.29 is 8.83 Å². The Morgan fingerprint density at radius 2 is 1.43 bits per heavy atom. The van der Waals surface area contributed by atoms with Crippen molar-refractivity contribution in [1.29, 1.82) is 0 Å². The molecule has 5 aromatic rings. The number of para-hydroxylation sites is 1. The van der Waals surface area contributed by atoms with Crippen LogP contribution in [0.4, 0.5) is 0 Å². The fourth-order valence-corrected chi connectivity index (χ4v) is 3.27. The molecule has 3 aromatic carbocycles. The van der Waals surface area contributed by atoms with Gasteiger partial charge >= 0.3 is 0 Å². The summed E-state index contributed by atoms with van der Waals surface area (Å²) in [5.41, 5.74) is 4.86. The van der Waals surface area contributed by atoms with E-state index in [0.29, 0.717) is 0 Å². The monoisotopic (exact) mass is 270 g/mol. The van der Waals surface area contributed by atoms with Crippen molar-refractivity contribution in [2.45, 2.75) is 0 Å². The minimum Gasteiger partial charge on any atom is -0.456 e. The average Bonchev–Trinajstić information content (AvgIpc) is 3.05. The lowest BCUT2D eigenvalue weighted by Gasteiger charge is -1.94. The van der Waals surface area contributed by atoms with Crippen LogP contribution in [-0.4, -0.2) is 7.85 Å². The SMILES string of the molecule is Bc1cccc2oc3c(ccc4oc5ccccc5c43)c12. The molecule has 0 aliphatic rings. The van der Waals surface area contributed by atoms with E-state index in [1.165, 1.54) is 10.8 Å². The van der Waals surface area contributed by atoms with Gasteiger partial charge in [-0.05, 0) is 24.3 Å². The van der Waals surface area contributed by atoms with Crippen LogP contribution >= 0.6 is 0 Å². The molecule has 0 bridgehead atoms. The molecule has 0 saturated heterocycles. The quantitative estimate of drug-likeness (QED) is 0.401. The van der Waals surface area contributed by atoms with Gasteiger partial charge in [0, 0.05) is 16.2 Å². The summed E-state index contributed by atoms with van der Waals surface area (Å²) in [7, 11) is 2.12. The molecule has 0 saturated carbocycles. The molecule has 2 heterocycles. The van der Waals surface area contributed by atoms with E-state index in [-0.39, 0.29) is 0 Å². The Bertz CT molecular complexity index is 1150. The summed E-state index contributed by atoms with van der Waals surface area (Å²) in [5.74, 6) is 0. The first kappa shape index (κ1) is 11.0. The van der Waals surface area contributed by atoms with Crippen LogP contribution in [0.5, 0.6) is 0 Å². The van der Waals surface area contributed by atoms with Gasteiger partial charge in [0.15, 0.2) is 0 Å². The zero-order chi connectivity index (χ0) is 14.0. The standard InChI is InChI=1S/C18H11BO2/c19-12-5-3-7-14-16(12)11-8-9-15-17(18(11)21-14)10-4-1-2-6-13(10)20-15/h1-9H,19H2. The first-order valence-electron chi connectivity index (χ1n) is 7.05. The van der Waals surface area contributed by atoms with Crippen molar-refractivity contribution >= 4 is 57.2 Å². The molecule has 5 rings (SSSR count). The highest BCUT2D eigenvalue weighted by Gasteiger charge is 2.16. The van der Waals surface area contributed by atoms with Crippen molar-refractivity contribution in [3.05, 3.63) is 54.6 Å². The number of fused-ring (bicyclic) bond motifs is 7. The summed E-state index contributed by atoms with van der Waals surface area (Å²) >= 11 is 0. The second-order valence-electron chi connectivity index (χ2n) is 5.46. The van der Waals surface area contributed by atoms with Crippen LogP contribution < -0.4 is 5.46 Å². The van der Waals surface area contributed by atoms with Crippen LogP contribution in [0.1, 0.15) is 0 Å². The van der Waals surface area contributed by atoms with Gasteiger partial charge in [-0.1, -0.05) is 35.8 Å². The lowest BCUT2D eigenvalue weighted by Crippen LogP contribution is -2.00. The molecule has 98 valence electrons. The number of benzene rings is 3. The highest BCUT2D eigenvalue weighted by atomic mass is 16.3. The van der Waals surface area contributed by atoms with Crippen molar-refractivity contribution in [2.24, 2.45) is 0 Å². The van der Waals surface area contributed by atoms with Gasteiger partial charge in [0.05, 0.1) is 5.39 Å². The normalized spacial score (nSPS) is 12.0. The maximum atomic E-state index is 6.15. The first-order chi connectivity index (χ1) is 10.3. The maximum Gasteiger partial charge on any atom is 0.147 e. The third-order valence-electron chi connectivity index (χ3n) is 4.21. The molecule has 0 amide bonds. The summed E-state index contributed by atoms with van der Waals surface area (Å²) in [4.78, 5) is 0. The average molecular weight is 270 g/mol. The van der Waals surface area contributed by atoms with E-state index in [1.54, 1.807) is 0 Å². The molecule has 0 unspecified atom stereocenters. The molecule has 3 heteroatoms. The van der Waals surface area contributed by atoms with E-state index in [2.05, 4.69) is 26.0 Å². The fraction of sp³-hybridized carbons (Fsp3) is 0. The summed E-state index contributed by atoms with van der Waals surface area (Å²) < 4.78 is 12.1. The number of rotatable bonds is 0. The molecule has 0 atom stereocenters. The second-order valence-corrected chi connectivity index (χ2v) is 5.46. The van der Waals surface area contributed by atoms with E-state index < -0.39 is 0 Å². The zero-order valence-electron chi connectivity index (χ0n) is 11.5. The number of hydrogen-bond acceptors (Lipinski definition) is 2. The molecule has 0 spiro atoms. The molecule has 0 fully saturated rings. The maximum absolute atomic E-state index is 6.15. The molecule has 0 aliphatic heterocycles. The number of furan rings is 2. The third kappa shape index (κ3) is 1.33. The Labute approximate surface area is 121 Å². The summed E-state index contributed by atoms with van der Waals surface area (Å²) in [6, 6.07) is 18.4. The molecule has 0 radical (unpaired) electrons.